The zero-order valence-corrected chi connectivity index (χ0v) is 18.7. The van der Waals surface area contributed by atoms with E-state index in [-0.39, 0.29) is 6.04 Å². The van der Waals surface area contributed by atoms with Crippen LogP contribution in [-0.2, 0) is 14.8 Å². The molecule has 1 aromatic carbocycles. The third-order valence-corrected chi connectivity index (χ3v) is 8.38. The first-order valence-corrected chi connectivity index (χ1v) is 12.2. The number of hydrogen-bond acceptors (Lipinski definition) is 5. The van der Waals surface area contributed by atoms with E-state index < -0.39 is 14.8 Å². The predicted molar refractivity (Wildman–Crippen MR) is 119 cm³/mol. The molecule has 6 nitrogen and oxygen atoms in total. The van der Waals surface area contributed by atoms with Crippen molar-refractivity contribution in [2.24, 2.45) is 5.92 Å². The fourth-order valence-corrected chi connectivity index (χ4v) is 4.98. The van der Waals surface area contributed by atoms with Gasteiger partial charge in [0.25, 0.3) is 0 Å². The fraction of sp³-hybridized carbons (Fsp3) is 0.682. The Morgan fingerprint density at radius 3 is 2.14 bits per heavy atom. The van der Waals surface area contributed by atoms with Gasteiger partial charge in [0.2, 0.25) is 10.0 Å². The first-order chi connectivity index (χ1) is 13.6. The number of carbonyl (C=O) groups excluding carboxylic acids is 1. The number of Topliss-reactive ketones (excluding diaryl/α,β-unsaturated/α-hetero) is 1. The molecule has 1 aromatic rings. The number of nitrogens with one attached hydrogen (secondary N) is 2. The Bertz CT molecular complexity index is 782. The topological polar surface area (TPSA) is 78.5 Å². The lowest BCUT2D eigenvalue weighted by molar-refractivity contribution is -0.119. The van der Waals surface area contributed by atoms with E-state index in [2.05, 4.69) is 39.2 Å². The molecule has 7 heteroatoms. The quantitative estimate of drug-likeness (QED) is 0.734. The van der Waals surface area contributed by atoms with E-state index in [0.717, 1.165) is 51.0 Å². The molecule has 0 atom stereocenters. The second-order valence-corrected chi connectivity index (χ2v) is 11.9. The molecule has 0 amide bonds. The fourth-order valence-electron chi connectivity index (χ4n) is 3.95. The van der Waals surface area contributed by atoms with Gasteiger partial charge in [0.1, 0.15) is 5.78 Å². The van der Waals surface area contributed by atoms with Gasteiger partial charge in [0.05, 0.1) is 4.75 Å². The molecule has 3 rings (SSSR count). The second kappa shape index (κ2) is 9.04. The first-order valence-electron chi connectivity index (χ1n) is 10.8. The third-order valence-electron chi connectivity index (χ3n) is 6.12. The summed E-state index contributed by atoms with van der Waals surface area (Å²) in [6.45, 7) is 7.75. The Morgan fingerprint density at radius 2 is 1.59 bits per heavy atom. The van der Waals surface area contributed by atoms with Crippen LogP contribution < -0.4 is 14.9 Å². The standard InChI is InChI=1S/C22H35N3O3S/c1-22(2,3)29(27,28)24-19-6-4-17(5-7-19)16-23-18-8-10-20(11-9-18)25-14-12-21(26)13-15-25/h8-11,17,19,23-24H,4-7,12-16H2,1-3H3/t17-,19-. The monoisotopic (exact) mass is 421 g/mol. The highest BCUT2D eigenvalue weighted by atomic mass is 32.2. The Hall–Kier alpha value is -1.60. The average Bonchev–Trinajstić information content (AvgIpc) is 2.67. The van der Waals surface area contributed by atoms with Crippen LogP contribution in [0, 0.1) is 5.92 Å². The van der Waals surface area contributed by atoms with Gasteiger partial charge < -0.3 is 10.2 Å². The van der Waals surface area contributed by atoms with Gasteiger partial charge in [-0.25, -0.2) is 13.1 Å². The van der Waals surface area contributed by atoms with E-state index in [0.29, 0.717) is 24.5 Å². The van der Waals surface area contributed by atoms with Crippen LogP contribution in [0.15, 0.2) is 24.3 Å². The Balaban J connectivity index is 1.42. The lowest BCUT2D eigenvalue weighted by atomic mass is 9.86. The van der Waals surface area contributed by atoms with Crippen molar-refractivity contribution in [1.29, 1.82) is 0 Å². The molecule has 1 heterocycles. The zero-order chi connectivity index (χ0) is 21.1. The zero-order valence-electron chi connectivity index (χ0n) is 17.9. The Kier molecular flexibility index (Phi) is 6.89. The van der Waals surface area contributed by atoms with Gasteiger partial charge in [-0.1, -0.05) is 0 Å². The molecule has 0 aromatic heterocycles. The van der Waals surface area contributed by atoms with Crippen LogP contribution in [0.4, 0.5) is 11.4 Å². The highest BCUT2D eigenvalue weighted by molar-refractivity contribution is 7.90. The lowest BCUT2D eigenvalue weighted by Crippen LogP contribution is -2.46. The minimum absolute atomic E-state index is 0.0613. The van der Waals surface area contributed by atoms with Gasteiger partial charge in [-0.2, -0.15) is 0 Å². The molecular weight excluding hydrogens is 386 g/mol. The van der Waals surface area contributed by atoms with Gasteiger partial charge in [-0.05, 0) is 76.6 Å². The maximum Gasteiger partial charge on any atom is 0.216 e. The molecule has 0 radical (unpaired) electrons. The third kappa shape index (κ3) is 5.95. The van der Waals surface area contributed by atoms with Crippen molar-refractivity contribution in [2.45, 2.75) is 70.1 Å². The number of ketones is 1. The summed E-state index contributed by atoms with van der Waals surface area (Å²) < 4.78 is 26.8. The smallest absolute Gasteiger partial charge is 0.216 e. The maximum atomic E-state index is 12.3. The molecule has 1 aliphatic heterocycles. The molecule has 2 N–H and O–H groups in total. The van der Waals surface area contributed by atoms with Crippen molar-refractivity contribution in [1.82, 2.24) is 4.72 Å². The summed E-state index contributed by atoms with van der Waals surface area (Å²) in [7, 11) is -3.27. The summed E-state index contributed by atoms with van der Waals surface area (Å²) in [6, 6.07) is 8.52. The molecule has 0 unspecified atom stereocenters. The lowest BCUT2D eigenvalue weighted by Gasteiger charge is -2.31. The van der Waals surface area contributed by atoms with Crippen molar-refractivity contribution in [3.63, 3.8) is 0 Å². The Labute approximate surface area is 175 Å². The number of anilines is 2. The van der Waals surface area contributed by atoms with Crippen molar-refractivity contribution >= 4 is 27.2 Å². The van der Waals surface area contributed by atoms with E-state index >= 15 is 0 Å². The van der Waals surface area contributed by atoms with Gasteiger partial charge in [-0.15, -0.1) is 0 Å². The van der Waals surface area contributed by atoms with Gasteiger partial charge in [0, 0.05) is 49.9 Å². The average molecular weight is 422 g/mol. The van der Waals surface area contributed by atoms with E-state index in [1.807, 2.05) is 0 Å². The first kappa shape index (κ1) is 22.1. The van der Waals surface area contributed by atoms with E-state index in [1.165, 1.54) is 5.69 Å². The summed E-state index contributed by atoms with van der Waals surface area (Å²) in [4.78, 5) is 13.7. The van der Waals surface area contributed by atoms with E-state index in [9.17, 15) is 13.2 Å². The Morgan fingerprint density at radius 1 is 1.00 bits per heavy atom. The summed E-state index contributed by atoms with van der Waals surface area (Å²) >= 11 is 0. The van der Waals surface area contributed by atoms with E-state index in [4.69, 9.17) is 0 Å². The second-order valence-electron chi connectivity index (χ2n) is 9.40. The minimum Gasteiger partial charge on any atom is -0.385 e. The van der Waals surface area contributed by atoms with Crippen molar-refractivity contribution in [3.05, 3.63) is 24.3 Å². The van der Waals surface area contributed by atoms with Crippen LogP contribution in [0.3, 0.4) is 0 Å². The summed E-state index contributed by atoms with van der Waals surface area (Å²) in [5.41, 5.74) is 2.28. The van der Waals surface area contributed by atoms with Gasteiger partial charge >= 0.3 is 0 Å². The number of carbonyl (C=O) groups is 1. The molecule has 1 saturated carbocycles. The number of rotatable bonds is 6. The molecular formula is C22H35N3O3S. The van der Waals surface area contributed by atoms with Crippen LogP contribution in [0.2, 0.25) is 0 Å². The largest absolute Gasteiger partial charge is 0.385 e. The van der Waals surface area contributed by atoms with Crippen LogP contribution >= 0.6 is 0 Å². The normalized spacial score (nSPS) is 23.8. The van der Waals surface area contributed by atoms with Crippen LogP contribution in [0.5, 0.6) is 0 Å². The van der Waals surface area contributed by atoms with Crippen LogP contribution in [-0.4, -0.2) is 44.6 Å². The van der Waals surface area contributed by atoms with E-state index in [1.54, 1.807) is 20.8 Å². The predicted octanol–water partition coefficient (Wildman–Crippen LogP) is 3.54. The van der Waals surface area contributed by atoms with Crippen LogP contribution in [0.1, 0.15) is 59.3 Å². The molecule has 162 valence electrons. The SMILES string of the molecule is CC(C)(C)S(=O)(=O)N[C@H]1CC[C@H](CNc2ccc(N3CCC(=O)CC3)cc2)CC1. The maximum absolute atomic E-state index is 12.3. The summed E-state index contributed by atoms with van der Waals surface area (Å²) in [5, 5.41) is 3.53. The number of hydrogen-bond donors (Lipinski definition) is 2. The summed E-state index contributed by atoms with van der Waals surface area (Å²) in [5.74, 6) is 0.929. The highest BCUT2D eigenvalue weighted by Gasteiger charge is 2.32. The van der Waals surface area contributed by atoms with Crippen molar-refractivity contribution in [3.8, 4) is 0 Å². The van der Waals surface area contributed by atoms with Gasteiger partial charge in [0.15, 0.2) is 0 Å². The number of piperidine rings is 1. The van der Waals surface area contributed by atoms with Crippen molar-refractivity contribution < 1.29 is 13.2 Å². The molecule has 2 aliphatic rings. The number of sulfonamides is 1. The molecule has 0 spiro atoms. The summed E-state index contributed by atoms with van der Waals surface area (Å²) in [6.07, 6.45) is 5.15. The molecule has 1 aliphatic carbocycles. The minimum atomic E-state index is -3.27. The van der Waals surface area contributed by atoms with Crippen molar-refractivity contribution in [2.75, 3.05) is 29.9 Å². The molecule has 0 bridgehead atoms. The molecule has 2 fully saturated rings. The van der Waals surface area contributed by atoms with Crippen LogP contribution in [0.25, 0.3) is 0 Å². The number of benzene rings is 1. The number of nitrogens with zero attached hydrogens (tertiary/aromatic N) is 1. The molecule has 1 saturated heterocycles. The van der Waals surface area contributed by atoms with Gasteiger partial charge in [-0.3, -0.25) is 4.79 Å². The molecule has 29 heavy (non-hydrogen) atoms. The highest BCUT2D eigenvalue weighted by Crippen LogP contribution is 2.27.